The summed E-state index contributed by atoms with van der Waals surface area (Å²) in [6.45, 7) is 7.09. The summed E-state index contributed by atoms with van der Waals surface area (Å²) >= 11 is 0. The van der Waals surface area contributed by atoms with E-state index in [0.29, 0.717) is 25.5 Å². The molecule has 0 atom stereocenters. The molecule has 1 aromatic heterocycles. The number of H-pyrrole nitrogens is 1. The summed E-state index contributed by atoms with van der Waals surface area (Å²) in [5, 5.41) is 0. The molecule has 1 N–H and O–H groups in total. The summed E-state index contributed by atoms with van der Waals surface area (Å²) in [5.41, 5.74) is 3.12. The highest BCUT2D eigenvalue weighted by Gasteiger charge is 2.27. The summed E-state index contributed by atoms with van der Waals surface area (Å²) in [7, 11) is 0. The summed E-state index contributed by atoms with van der Waals surface area (Å²) in [5.74, 6) is -0.336. The van der Waals surface area contributed by atoms with Gasteiger partial charge in [-0.15, -0.1) is 0 Å². The molecule has 94 valence electrons. The van der Waals surface area contributed by atoms with Crippen LogP contribution in [0.3, 0.4) is 0 Å². The number of carbonyl (C=O) groups excluding carboxylic acids is 1. The third-order valence-corrected chi connectivity index (χ3v) is 2.83. The molecule has 1 aromatic rings. The molecule has 1 aliphatic rings. The molecule has 0 amide bonds. The maximum Gasteiger partial charge on any atom is 0.355 e. The molecule has 0 aromatic carbocycles. The Morgan fingerprint density at radius 2 is 2.06 bits per heavy atom. The van der Waals surface area contributed by atoms with Crippen molar-refractivity contribution < 1.29 is 19.0 Å². The van der Waals surface area contributed by atoms with Crippen molar-refractivity contribution in [1.82, 2.24) is 4.98 Å². The molecule has 0 spiro atoms. The molecule has 2 rings (SSSR count). The predicted octanol–water partition coefficient (Wildman–Crippen LogP) is 1.85. The molecule has 1 saturated heterocycles. The first-order valence-electron chi connectivity index (χ1n) is 5.74. The molecule has 5 nitrogen and oxygen atoms in total. The fourth-order valence-electron chi connectivity index (χ4n) is 2.05. The van der Waals surface area contributed by atoms with Gasteiger partial charge < -0.3 is 19.2 Å². The molecule has 0 radical (unpaired) electrons. The van der Waals surface area contributed by atoms with E-state index in [1.807, 2.05) is 13.8 Å². The van der Waals surface area contributed by atoms with Gasteiger partial charge in [0.25, 0.3) is 0 Å². The molecule has 1 fully saturated rings. The summed E-state index contributed by atoms with van der Waals surface area (Å²) in [4.78, 5) is 14.8. The van der Waals surface area contributed by atoms with Crippen LogP contribution in [0.25, 0.3) is 0 Å². The minimum Gasteiger partial charge on any atom is -0.461 e. The first kappa shape index (κ1) is 12.1. The van der Waals surface area contributed by atoms with Crippen molar-refractivity contribution in [1.29, 1.82) is 0 Å². The number of aromatic nitrogens is 1. The number of aryl methyl sites for hydroxylation is 1. The Morgan fingerprint density at radius 1 is 1.41 bits per heavy atom. The van der Waals surface area contributed by atoms with E-state index in [1.165, 1.54) is 0 Å². The lowest BCUT2D eigenvalue weighted by molar-refractivity contribution is -0.0448. The Morgan fingerprint density at radius 3 is 2.65 bits per heavy atom. The highest BCUT2D eigenvalue weighted by molar-refractivity contribution is 5.89. The third kappa shape index (κ3) is 2.21. The zero-order chi connectivity index (χ0) is 12.4. The fourth-order valence-corrected chi connectivity index (χ4v) is 2.05. The zero-order valence-corrected chi connectivity index (χ0v) is 10.3. The topological polar surface area (TPSA) is 60.6 Å². The van der Waals surface area contributed by atoms with Crippen molar-refractivity contribution in [2.24, 2.45) is 0 Å². The van der Waals surface area contributed by atoms with Gasteiger partial charge in [-0.2, -0.15) is 0 Å². The molecule has 0 aliphatic carbocycles. The second-order valence-corrected chi connectivity index (χ2v) is 3.96. The average molecular weight is 239 g/mol. The Balaban J connectivity index is 2.31. The molecular formula is C12H17NO4. The second kappa shape index (κ2) is 4.89. The van der Waals surface area contributed by atoms with E-state index in [1.54, 1.807) is 6.92 Å². The van der Waals surface area contributed by atoms with Crippen LogP contribution in [0.15, 0.2) is 0 Å². The molecule has 0 bridgehead atoms. The van der Waals surface area contributed by atoms with Crippen molar-refractivity contribution in [3.05, 3.63) is 22.5 Å². The minimum atomic E-state index is -0.366. The lowest BCUT2D eigenvalue weighted by Gasteiger charge is -2.10. The monoisotopic (exact) mass is 239 g/mol. The molecule has 1 aliphatic heterocycles. The van der Waals surface area contributed by atoms with Crippen LogP contribution < -0.4 is 0 Å². The van der Waals surface area contributed by atoms with Gasteiger partial charge in [-0.1, -0.05) is 0 Å². The number of carbonyl (C=O) groups is 1. The van der Waals surface area contributed by atoms with Gasteiger partial charge in [-0.25, -0.2) is 4.79 Å². The molecular weight excluding hydrogens is 222 g/mol. The highest BCUT2D eigenvalue weighted by atomic mass is 16.7. The van der Waals surface area contributed by atoms with Crippen LogP contribution in [-0.2, 0) is 14.2 Å². The van der Waals surface area contributed by atoms with Crippen LogP contribution in [-0.4, -0.2) is 30.8 Å². The van der Waals surface area contributed by atoms with E-state index in [9.17, 15) is 4.79 Å². The van der Waals surface area contributed by atoms with Crippen molar-refractivity contribution >= 4 is 5.97 Å². The normalized spacial score (nSPS) is 16.4. The molecule has 5 heteroatoms. The Kier molecular flexibility index (Phi) is 3.49. The molecule has 0 saturated carbocycles. The van der Waals surface area contributed by atoms with E-state index in [-0.39, 0.29) is 12.3 Å². The average Bonchev–Trinajstić information content (AvgIpc) is 2.87. The standard InChI is InChI=1S/C12H17NO4/c1-4-15-11(14)10-7(2)9(8(3)13-10)12-16-5-6-17-12/h12-13H,4-6H2,1-3H3. The van der Waals surface area contributed by atoms with Crippen molar-refractivity contribution in [2.75, 3.05) is 19.8 Å². The summed E-state index contributed by atoms with van der Waals surface area (Å²) in [6.07, 6.45) is -0.366. The van der Waals surface area contributed by atoms with E-state index >= 15 is 0 Å². The summed E-state index contributed by atoms with van der Waals surface area (Å²) in [6, 6.07) is 0. The number of rotatable bonds is 3. The first-order valence-corrected chi connectivity index (χ1v) is 5.74. The maximum atomic E-state index is 11.7. The zero-order valence-electron chi connectivity index (χ0n) is 10.3. The highest BCUT2D eigenvalue weighted by Crippen LogP contribution is 2.30. The molecule has 17 heavy (non-hydrogen) atoms. The van der Waals surface area contributed by atoms with Crippen LogP contribution in [0, 0.1) is 13.8 Å². The van der Waals surface area contributed by atoms with E-state index < -0.39 is 0 Å². The van der Waals surface area contributed by atoms with Gasteiger partial charge in [0.1, 0.15) is 5.69 Å². The number of esters is 1. The second-order valence-electron chi connectivity index (χ2n) is 3.96. The Labute approximate surface area is 100 Å². The van der Waals surface area contributed by atoms with Gasteiger partial charge in [0.05, 0.1) is 19.8 Å². The number of hydrogen-bond acceptors (Lipinski definition) is 4. The van der Waals surface area contributed by atoms with E-state index in [4.69, 9.17) is 14.2 Å². The number of nitrogens with one attached hydrogen (secondary N) is 1. The predicted molar refractivity (Wildman–Crippen MR) is 60.9 cm³/mol. The minimum absolute atomic E-state index is 0.336. The summed E-state index contributed by atoms with van der Waals surface area (Å²) < 4.78 is 15.9. The fraction of sp³-hybridized carbons (Fsp3) is 0.583. The Bertz CT molecular complexity index is 418. The smallest absolute Gasteiger partial charge is 0.355 e. The van der Waals surface area contributed by atoms with E-state index in [0.717, 1.165) is 16.8 Å². The lowest BCUT2D eigenvalue weighted by Crippen LogP contribution is -2.07. The van der Waals surface area contributed by atoms with Gasteiger partial charge in [-0.05, 0) is 26.3 Å². The largest absolute Gasteiger partial charge is 0.461 e. The van der Waals surface area contributed by atoms with Crippen LogP contribution in [0.1, 0.15) is 40.5 Å². The third-order valence-electron chi connectivity index (χ3n) is 2.83. The first-order chi connectivity index (χ1) is 8.15. The molecule has 0 unspecified atom stereocenters. The van der Waals surface area contributed by atoms with Crippen LogP contribution in [0.2, 0.25) is 0 Å². The maximum absolute atomic E-state index is 11.7. The quantitative estimate of drug-likeness (QED) is 0.818. The number of ether oxygens (including phenoxy) is 3. The van der Waals surface area contributed by atoms with Gasteiger partial charge in [-0.3, -0.25) is 0 Å². The number of aromatic amines is 1. The van der Waals surface area contributed by atoms with Crippen LogP contribution in [0.4, 0.5) is 0 Å². The van der Waals surface area contributed by atoms with Gasteiger partial charge in [0.2, 0.25) is 0 Å². The Hall–Kier alpha value is -1.33. The van der Waals surface area contributed by atoms with E-state index in [2.05, 4.69) is 4.98 Å². The molecule has 2 heterocycles. The van der Waals surface area contributed by atoms with Gasteiger partial charge in [0.15, 0.2) is 6.29 Å². The van der Waals surface area contributed by atoms with Crippen LogP contribution in [0.5, 0.6) is 0 Å². The van der Waals surface area contributed by atoms with Gasteiger partial charge in [0, 0.05) is 11.3 Å². The van der Waals surface area contributed by atoms with Crippen LogP contribution >= 0.6 is 0 Å². The van der Waals surface area contributed by atoms with Crippen molar-refractivity contribution in [2.45, 2.75) is 27.1 Å². The lowest BCUT2D eigenvalue weighted by atomic mass is 10.1. The number of hydrogen-bond donors (Lipinski definition) is 1. The van der Waals surface area contributed by atoms with Crippen molar-refractivity contribution in [3.63, 3.8) is 0 Å². The van der Waals surface area contributed by atoms with Gasteiger partial charge >= 0.3 is 5.97 Å². The van der Waals surface area contributed by atoms with Crippen molar-refractivity contribution in [3.8, 4) is 0 Å². The SMILES string of the molecule is CCOC(=O)c1[nH]c(C)c(C2OCCO2)c1C.